The number of benzene rings is 1. The summed E-state index contributed by atoms with van der Waals surface area (Å²) >= 11 is 5.82. The van der Waals surface area contributed by atoms with Crippen LogP contribution in [0.25, 0.3) is 0 Å². The first-order chi connectivity index (χ1) is 10.0. The fourth-order valence-corrected chi connectivity index (χ4v) is 2.32. The van der Waals surface area contributed by atoms with E-state index in [1.54, 1.807) is 12.1 Å². The molecule has 0 spiro atoms. The molecule has 114 valence electrons. The summed E-state index contributed by atoms with van der Waals surface area (Å²) in [5.41, 5.74) is 4.50. The summed E-state index contributed by atoms with van der Waals surface area (Å²) in [4.78, 5) is 0. The summed E-state index contributed by atoms with van der Waals surface area (Å²) < 4.78 is 15.2. The minimum Gasteiger partial charge on any atom is -0.271 e. The van der Waals surface area contributed by atoms with Crippen molar-refractivity contribution < 1.29 is 4.39 Å². The molecule has 1 heterocycles. The van der Waals surface area contributed by atoms with Crippen LogP contribution in [0.1, 0.15) is 43.6 Å². The van der Waals surface area contributed by atoms with Crippen LogP contribution in [0.3, 0.4) is 0 Å². The van der Waals surface area contributed by atoms with Crippen molar-refractivity contribution in [2.45, 2.75) is 38.8 Å². The normalized spacial score (nSPS) is 14.1. The van der Waals surface area contributed by atoms with Crippen LogP contribution in [0.2, 0.25) is 5.02 Å². The van der Waals surface area contributed by atoms with Gasteiger partial charge in [-0.25, -0.2) is 4.39 Å². The molecule has 0 saturated carbocycles. The second kappa shape index (κ2) is 7.02. The number of rotatable bonds is 6. The fraction of sp³-hybridized carbons (Fsp3) is 0.400. The number of halogens is 2. The number of hydrazine groups is 1. The third kappa shape index (κ3) is 3.81. The highest BCUT2D eigenvalue weighted by molar-refractivity contribution is 6.30. The van der Waals surface area contributed by atoms with Crippen molar-refractivity contribution in [1.29, 1.82) is 0 Å². The summed E-state index contributed by atoms with van der Waals surface area (Å²) in [5, 5.41) is 4.64. The maximum Gasteiger partial charge on any atom is 0.141 e. The minimum atomic E-state index is -0.433. The van der Waals surface area contributed by atoms with E-state index in [0.717, 1.165) is 17.7 Å². The average molecular weight is 311 g/mol. The molecule has 4 nitrogen and oxygen atoms in total. The van der Waals surface area contributed by atoms with Gasteiger partial charge < -0.3 is 0 Å². The Morgan fingerprint density at radius 3 is 2.81 bits per heavy atom. The molecule has 0 fully saturated rings. The van der Waals surface area contributed by atoms with Crippen LogP contribution in [-0.2, 0) is 6.42 Å². The lowest BCUT2D eigenvalue weighted by molar-refractivity contribution is 0.467. The molecule has 0 aliphatic rings. The maximum absolute atomic E-state index is 13.2. The quantitative estimate of drug-likeness (QED) is 0.635. The van der Waals surface area contributed by atoms with Gasteiger partial charge in [0.25, 0.3) is 0 Å². The molecule has 1 aromatic carbocycles. The van der Waals surface area contributed by atoms with E-state index in [2.05, 4.69) is 24.4 Å². The molecule has 0 aliphatic carbocycles. The number of hydrogen-bond donors (Lipinski definition) is 2. The zero-order valence-electron chi connectivity index (χ0n) is 12.2. The number of nitrogens with one attached hydrogen (secondary N) is 1. The topological polar surface area (TPSA) is 55.9 Å². The van der Waals surface area contributed by atoms with Crippen molar-refractivity contribution >= 4 is 11.6 Å². The van der Waals surface area contributed by atoms with Crippen LogP contribution in [0.5, 0.6) is 0 Å². The molecule has 2 atom stereocenters. The van der Waals surface area contributed by atoms with E-state index in [1.165, 1.54) is 6.07 Å². The third-order valence-electron chi connectivity index (χ3n) is 3.67. The van der Waals surface area contributed by atoms with Crippen molar-refractivity contribution in [3.05, 3.63) is 52.6 Å². The molecule has 0 aliphatic heterocycles. The molecule has 3 N–H and O–H groups in total. The van der Waals surface area contributed by atoms with Gasteiger partial charge in [0.05, 0.1) is 16.8 Å². The van der Waals surface area contributed by atoms with E-state index in [-0.39, 0.29) is 11.1 Å². The molecule has 21 heavy (non-hydrogen) atoms. The lowest BCUT2D eigenvalue weighted by Crippen LogP contribution is -2.29. The van der Waals surface area contributed by atoms with Crippen LogP contribution < -0.4 is 11.3 Å². The number of nitrogens with two attached hydrogens (primary N) is 1. The predicted octanol–water partition coefficient (Wildman–Crippen LogP) is 3.39. The Morgan fingerprint density at radius 1 is 1.43 bits per heavy atom. The Hall–Kier alpha value is -1.43. The first-order valence-electron chi connectivity index (χ1n) is 7.00. The largest absolute Gasteiger partial charge is 0.271 e. The second-order valence-electron chi connectivity index (χ2n) is 5.14. The Morgan fingerprint density at radius 2 is 2.19 bits per heavy atom. The van der Waals surface area contributed by atoms with Crippen LogP contribution >= 0.6 is 11.6 Å². The van der Waals surface area contributed by atoms with E-state index in [0.29, 0.717) is 12.5 Å². The average Bonchev–Trinajstić information content (AvgIpc) is 2.95. The molecular weight excluding hydrogens is 291 g/mol. The van der Waals surface area contributed by atoms with Gasteiger partial charge in [-0.1, -0.05) is 24.6 Å². The Labute approximate surface area is 129 Å². The van der Waals surface area contributed by atoms with Gasteiger partial charge in [0.2, 0.25) is 0 Å². The summed E-state index contributed by atoms with van der Waals surface area (Å²) in [5.74, 6) is 5.18. The molecule has 0 radical (unpaired) electrons. The molecule has 2 rings (SSSR count). The summed E-state index contributed by atoms with van der Waals surface area (Å²) in [6.45, 7) is 4.24. The van der Waals surface area contributed by atoms with Gasteiger partial charge in [0.15, 0.2) is 0 Å². The minimum absolute atomic E-state index is 0.0953. The highest BCUT2D eigenvalue weighted by Gasteiger charge is 2.15. The van der Waals surface area contributed by atoms with Gasteiger partial charge in [0, 0.05) is 18.7 Å². The van der Waals surface area contributed by atoms with E-state index in [4.69, 9.17) is 17.4 Å². The van der Waals surface area contributed by atoms with E-state index < -0.39 is 5.82 Å². The van der Waals surface area contributed by atoms with Crippen molar-refractivity contribution in [3.8, 4) is 0 Å². The lowest BCUT2D eigenvalue weighted by Gasteiger charge is -2.16. The third-order valence-corrected chi connectivity index (χ3v) is 3.96. The Kier molecular flexibility index (Phi) is 5.33. The monoisotopic (exact) mass is 310 g/mol. The van der Waals surface area contributed by atoms with Gasteiger partial charge >= 0.3 is 0 Å². The summed E-state index contributed by atoms with van der Waals surface area (Å²) in [7, 11) is 0. The Bertz CT molecular complexity index is 599. The maximum atomic E-state index is 13.2. The lowest BCUT2D eigenvalue weighted by atomic mass is 10.0. The first kappa shape index (κ1) is 15.9. The highest BCUT2D eigenvalue weighted by atomic mass is 35.5. The highest BCUT2D eigenvalue weighted by Crippen LogP contribution is 2.23. The van der Waals surface area contributed by atoms with Gasteiger partial charge in [0.1, 0.15) is 5.82 Å². The predicted molar refractivity (Wildman–Crippen MR) is 82.4 cm³/mol. The second-order valence-corrected chi connectivity index (χ2v) is 5.55. The van der Waals surface area contributed by atoms with Crippen LogP contribution in [-0.4, -0.2) is 9.78 Å². The molecule has 0 saturated heterocycles. The number of hydrogen-bond acceptors (Lipinski definition) is 3. The standard InChI is InChI=1S/C15H20ClFN4/c1-3-10(2)21-7-6-12(20-21)9-15(19-18)11-4-5-14(17)13(16)8-11/h4-8,10,15,19H,3,9,18H2,1-2H3. The Balaban J connectivity index is 2.15. The number of nitrogens with zero attached hydrogens (tertiary/aromatic N) is 2. The van der Waals surface area contributed by atoms with Crippen LogP contribution in [0, 0.1) is 5.82 Å². The molecule has 1 aromatic heterocycles. The van der Waals surface area contributed by atoms with Crippen molar-refractivity contribution in [1.82, 2.24) is 15.2 Å². The molecule has 2 unspecified atom stereocenters. The molecule has 0 bridgehead atoms. The van der Waals surface area contributed by atoms with Gasteiger partial charge in [-0.3, -0.25) is 16.0 Å². The van der Waals surface area contributed by atoms with Crippen molar-refractivity contribution in [2.24, 2.45) is 5.84 Å². The molecule has 0 amide bonds. The van der Waals surface area contributed by atoms with E-state index in [1.807, 2.05) is 16.9 Å². The summed E-state index contributed by atoms with van der Waals surface area (Å²) in [6, 6.07) is 6.79. The fourth-order valence-electron chi connectivity index (χ4n) is 2.13. The first-order valence-corrected chi connectivity index (χ1v) is 7.38. The van der Waals surface area contributed by atoms with Gasteiger partial charge in [-0.2, -0.15) is 5.10 Å². The van der Waals surface area contributed by atoms with Gasteiger partial charge in [-0.05, 0) is 37.1 Å². The molecular formula is C15H20ClFN4. The van der Waals surface area contributed by atoms with Crippen molar-refractivity contribution in [3.63, 3.8) is 0 Å². The van der Waals surface area contributed by atoms with E-state index >= 15 is 0 Å². The van der Waals surface area contributed by atoms with Crippen molar-refractivity contribution in [2.75, 3.05) is 0 Å². The zero-order valence-corrected chi connectivity index (χ0v) is 12.9. The molecule has 6 heteroatoms. The summed E-state index contributed by atoms with van der Waals surface area (Å²) in [6.07, 6.45) is 3.60. The zero-order chi connectivity index (χ0) is 15.4. The SMILES string of the molecule is CCC(C)n1ccc(CC(NN)c2ccc(F)c(Cl)c2)n1. The van der Waals surface area contributed by atoms with Gasteiger partial charge in [-0.15, -0.1) is 0 Å². The van der Waals surface area contributed by atoms with E-state index in [9.17, 15) is 4.39 Å². The molecule has 2 aromatic rings. The number of aromatic nitrogens is 2. The van der Waals surface area contributed by atoms with Crippen LogP contribution in [0.15, 0.2) is 30.5 Å². The van der Waals surface area contributed by atoms with Crippen LogP contribution in [0.4, 0.5) is 4.39 Å². The smallest absolute Gasteiger partial charge is 0.141 e.